The van der Waals surface area contributed by atoms with Gasteiger partial charge in [-0.05, 0) is 56.0 Å². The number of furan rings is 1. The summed E-state index contributed by atoms with van der Waals surface area (Å²) in [4.78, 5) is 33.5. The molecule has 2 aromatic heterocycles. The van der Waals surface area contributed by atoms with E-state index in [2.05, 4.69) is 4.98 Å². The number of ether oxygens (including phenoxy) is 1. The van der Waals surface area contributed by atoms with Crippen LogP contribution in [0.5, 0.6) is 5.75 Å². The van der Waals surface area contributed by atoms with Crippen LogP contribution >= 0.6 is 11.3 Å². The highest BCUT2D eigenvalue weighted by molar-refractivity contribution is 7.87. The van der Waals surface area contributed by atoms with Gasteiger partial charge < -0.3 is 19.2 Å². The van der Waals surface area contributed by atoms with Crippen LogP contribution in [-0.2, 0) is 33.4 Å². The fourth-order valence-corrected chi connectivity index (χ4v) is 6.27. The molecule has 1 aliphatic carbocycles. The zero-order valence-corrected chi connectivity index (χ0v) is 24.4. The molecule has 4 rings (SSSR count). The average molecular weight is 591 g/mol. The van der Waals surface area contributed by atoms with Crippen molar-refractivity contribution >= 4 is 33.4 Å². The summed E-state index contributed by atoms with van der Waals surface area (Å²) >= 11 is 1.25. The molecule has 0 atom stereocenters. The zero-order chi connectivity index (χ0) is 28.9. The Balaban J connectivity index is 1.53. The Labute approximate surface area is 237 Å². The summed E-state index contributed by atoms with van der Waals surface area (Å²) in [6.45, 7) is 1.79. The Morgan fingerprint density at radius 3 is 2.52 bits per heavy atom. The normalized spacial score (nSPS) is 14.2. The molecule has 0 radical (unpaired) electrons. The lowest BCUT2D eigenvalue weighted by atomic mass is 9.94. The van der Waals surface area contributed by atoms with Crippen LogP contribution in [0.15, 0.2) is 47.1 Å². The minimum Gasteiger partial charge on any atom is -0.497 e. The summed E-state index contributed by atoms with van der Waals surface area (Å²) in [6, 6.07) is 11.3. The fraction of sp³-hybridized carbons (Fsp3) is 0.444. The van der Waals surface area contributed by atoms with Crippen molar-refractivity contribution in [3.8, 4) is 5.75 Å². The summed E-state index contributed by atoms with van der Waals surface area (Å²) in [5.74, 6) is 0.678. The van der Waals surface area contributed by atoms with Gasteiger partial charge in [0.05, 0.1) is 31.9 Å². The second kappa shape index (κ2) is 12.5. The first-order valence-electron chi connectivity index (χ1n) is 12.9. The van der Waals surface area contributed by atoms with Gasteiger partial charge in [-0.2, -0.15) is 12.7 Å². The van der Waals surface area contributed by atoms with Gasteiger partial charge in [0.25, 0.3) is 5.91 Å². The number of benzene rings is 1. The summed E-state index contributed by atoms with van der Waals surface area (Å²) in [6.07, 6.45) is 4.42. The lowest BCUT2D eigenvalue weighted by Gasteiger charge is -2.27. The van der Waals surface area contributed by atoms with E-state index in [1.165, 1.54) is 18.4 Å². The molecule has 1 fully saturated rings. The molecule has 216 valence electrons. The number of methoxy groups -OCH3 is 1. The molecule has 0 bridgehead atoms. The lowest BCUT2D eigenvalue weighted by molar-refractivity contribution is -0.134. The molecule has 2 heterocycles. The predicted octanol–water partition coefficient (Wildman–Crippen LogP) is 2.65. The maximum absolute atomic E-state index is 14.0. The minimum absolute atomic E-state index is 0.0100. The SMILES string of the molecule is COc1ccc(C2(C(=O)N(CCCc3ccco3)Cc3nc(C(=O)NS(=O)(=O)N(C)CCO)c(C)s3)CC2)cc1. The molecule has 2 N–H and O–H groups in total. The topological polar surface area (TPSA) is 142 Å². The Morgan fingerprint density at radius 1 is 1.20 bits per heavy atom. The van der Waals surface area contributed by atoms with Crippen molar-refractivity contribution in [2.24, 2.45) is 0 Å². The van der Waals surface area contributed by atoms with Crippen molar-refractivity contribution < 1.29 is 32.3 Å². The highest BCUT2D eigenvalue weighted by Gasteiger charge is 2.53. The first-order valence-corrected chi connectivity index (χ1v) is 15.2. The average Bonchev–Trinajstić information content (AvgIpc) is 3.41. The number of carbonyl (C=O) groups is 2. The maximum Gasteiger partial charge on any atom is 0.303 e. The molecule has 0 spiro atoms. The number of likely N-dealkylation sites (N-methyl/N-ethyl adjacent to an activating group) is 1. The monoisotopic (exact) mass is 590 g/mol. The van der Waals surface area contributed by atoms with E-state index in [9.17, 15) is 18.0 Å². The van der Waals surface area contributed by atoms with Gasteiger partial charge in [-0.3, -0.25) is 9.59 Å². The van der Waals surface area contributed by atoms with E-state index in [0.717, 1.165) is 34.2 Å². The third-order valence-electron chi connectivity index (χ3n) is 6.95. The predicted molar refractivity (Wildman–Crippen MR) is 149 cm³/mol. The maximum atomic E-state index is 14.0. The van der Waals surface area contributed by atoms with Gasteiger partial charge in [-0.15, -0.1) is 11.3 Å². The molecule has 1 aliphatic rings. The van der Waals surface area contributed by atoms with Gasteiger partial charge in [-0.1, -0.05) is 12.1 Å². The molecule has 0 unspecified atom stereocenters. The Kier molecular flexibility index (Phi) is 9.29. The van der Waals surface area contributed by atoms with Gasteiger partial charge in [0, 0.05) is 31.4 Å². The van der Waals surface area contributed by atoms with Crippen LogP contribution in [-0.4, -0.2) is 73.4 Å². The van der Waals surface area contributed by atoms with Gasteiger partial charge in [0.15, 0.2) is 0 Å². The number of nitrogens with zero attached hydrogens (tertiary/aromatic N) is 3. The second-order valence-electron chi connectivity index (χ2n) is 9.71. The molecule has 11 nitrogen and oxygen atoms in total. The molecular formula is C27H34N4O7S2. The highest BCUT2D eigenvalue weighted by Crippen LogP contribution is 2.50. The van der Waals surface area contributed by atoms with Crippen molar-refractivity contribution in [1.29, 1.82) is 0 Å². The third kappa shape index (κ3) is 6.72. The van der Waals surface area contributed by atoms with E-state index in [1.54, 1.807) is 25.2 Å². The number of aryl methyl sites for hydroxylation is 2. The van der Waals surface area contributed by atoms with Gasteiger partial charge in [0.1, 0.15) is 22.2 Å². The smallest absolute Gasteiger partial charge is 0.303 e. The number of aromatic nitrogens is 1. The van der Waals surface area contributed by atoms with E-state index >= 15 is 0 Å². The Morgan fingerprint density at radius 2 is 1.93 bits per heavy atom. The standard InChI is InChI=1S/C27H34N4O7S2/c1-19-24(25(33)29-40(35,36)30(2)15-16-32)28-23(39-19)18-31(14-4-6-22-7-5-17-38-22)26(34)27(12-13-27)20-8-10-21(37-3)11-9-20/h5,7-11,17,32H,4,6,12-16,18H2,1-3H3,(H,29,33). The number of carbonyl (C=O) groups excluding carboxylic acids is 2. The van der Waals surface area contributed by atoms with Crippen LogP contribution in [0.4, 0.5) is 0 Å². The van der Waals surface area contributed by atoms with Crippen LogP contribution in [0, 0.1) is 6.92 Å². The number of aliphatic hydroxyl groups excluding tert-OH is 1. The second-order valence-corrected chi connectivity index (χ2v) is 12.8. The zero-order valence-electron chi connectivity index (χ0n) is 22.8. The molecule has 2 amide bonds. The number of hydrogen-bond donors (Lipinski definition) is 2. The third-order valence-corrected chi connectivity index (χ3v) is 9.35. The minimum atomic E-state index is -4.14. The number of amides is 2. The number of aliphatic hydroxyl groups is 1. The molecule has 0 aliphatic heterocycles. The summed E-state index contributed by atoms with van der Waals surface area (Å²) < 4.78 is 38.3. The molecule has 13 heteroatoms. The van der Waals surface area contributed by atoms with Crippen LogP contribution < -0.4 is 9.46 Å². The molecule has 3 aromatic rings. The fourth-order valence-electron chi connectivity index (χ4n) is 4.51. The number of hydrogen-bond acceptors (Lipinski definition) is 9. The Hall–Kier alpha value is -3.26. The van der Waals surface area contributed by atoms with Crippen molar-refractivity contribution in [2.45, 2.75) is 44.6 Å². The van der Waals surface area contributed by atoms with E-state index in [-0.39, 0.29) is 31.3 Å². The molecule has 40 heavy (non-hydrogen) atoms. The van der Waals surface area contributed by atoms with E-state index in [1.807, 2.05) is 41.1 Å². The highest BCUT2D eigenvalue weighted by atomic mass is 32.2. The van der Waals surface area contributed by atoms with Crippen molar-refractivity contribution in [1.82, 2.24) is 18.9 Å². The van der Waals surface area contributed by atoms with Crippen molar-refractivity contribution in [3.05, 3.63) is 69.6 Å². The number of rotatable bonds is 14. The first-order chi connectivity index (χ1) is 19.1. The van der Waals surface area contributed by atoms with Crippen LogP contribution in [0.2, 0.25) is 0 Å². The van der Waals surface area contributed by atoms with E-state index < -0.39 is 21.5 Å². The number of nitrogens with one attached hydrogen (secondary N) is 1. The van der Waals surface area contributed by atoms with E-state index in [0.29, 0.717) is 29.3 Å². The Bertz CT molecular complexity index is 1420. The molecule has 1 saturated carbocycles. The van der Waals surface area contributed by atoms with Crippen LogP contribution in [0.1, 0.15) is 51.0 Å². The van der Waals surface area contributed by atoms with E-state index in [4.69, 9.17) is 14.3 Å². The lowest BCUT2D eigenvalue weighted by Crippen LogP contribution is -2.42. The van der Waals surface area contributed by atoms with Crippen LogP contribution in [0.25, 0.3) is 0 Å². The van der Waals surface area contributed by atoms with Crippen molar-refractivity contribution in [3.63, 3.8) is 0 Å². The largest absolute Gasteiger partial charge is 0.497 e. The summed E-state index contributed by atoms with van der Waals surface area (Å²) in [5, 5.41) is 9.56. The first kappa shape index (κ1) is 29.7. The summed E-state index contributed by atoms with van der Waals surface area (Å²) in [7, 11) is -1.28. The molecule has 0 saturated heterocycles. The van der Waals surface area contributed by atoms with Gasteiger partial charge >= 0.3 is 10.2 Å². The van der Waals surface area contributed by atoms with Gasteiger partial charge in [-0.25, -0.2) is 9.71 Å². The van der Waals surface area contributed by atoms with Crippen LogP contribution in [0.3, 0.4) is 0 Å². The molecule has 1 aromatic carbocycles. The van der Waals surface area contributed by atoms with Crippen molar-refractivity contribution in [2.75, 3.05) is 33.9 Å². The summed E-state index contributed by atoms with van der Waals surface area (Å²) in [5.41, 5.74) is 0.302. The quantitative estimate of drug-likeness (QED) is 0.292. The van der Waals surface area contributed by atoms with Gasteiger partial charge in [0.2, 0.25) is 5.91 Å². The number of thiazole rings is 1. The molecular weight excluding hydrogens is 556 g/mol.